The Morgan fingerprint density at radius 3 is 1.43 bits per heavy atom. The van der Waals surface area contributed by atoms with E-state index < -0.39 is 0 Å². The van der Waals surface area contributed by atoms with E-state index in [9.17, 15) is 0 Å². The van der Waals surface area contributed by atoms with Crippen LogP contribution < -0.4 is 0 Å². The second kappa shape index (κ2) is 14.5. The van der Waals surface area contributed by atoms with Gasteiger partial charge >= 0.3 is 0 Å². The number of fused-ring (bicyclic) bond motifs is 3. The summed E-state index contributed by atoms with van der Waals surface area (Å²) in [5.74, 6) is 3.53. The Kier molecular flexibility index (Phi) is 8.62. The van der Waals surface area contributed by atoms with Crippen molar-refractivity contribution in [3.63, 3.8) is 0 Å². The monoisotopic (exact) mass is 738 g/mol. The molecule has 0 aliphatic carbocycles. The van der Waals surface area contributed by atoms with Gasteiger partial charge in [-0.3, -0.25) is 0 Å². The zero-order chi connectivity index (χ0) is 37.3. The van der Waals surface area contributed by atoms with Crippen molar-refractivity contribution in [2.45, 2.75) is 9.79 Å². The molecule has 7 nitrogen and oxygen atoms in total. The summed E-state index contributed by atoms with van der Waals surface area (Å²) in [6, 6.07) is 60.7. The number of hydrogen-bond donors (Lipinski definition) is 0. The largest absolute Gasteiger partial charge is 0.455 e. The van der Waals surface area contributed by atoms with Gasteiger partial charge in [0.2, 0.25) is 0 Å². The molecule has 0 bridgehead atoms. The molecule has 3 heterocycles. The maximum atomic E-state index is 6.41. The highest BCUT2D eigenvalue weighted by Crippen LogP contribution is 2.39. The Labute approximate surface area is 326 Å². The molecular formula is C48H30N6OS. The fraction of sp³-hybridized carbons (Fsp3) is 0. The third kappa shape index (κ3) is 6.48. The second-order valence-electron chi connectivity index (χ2n) is 13.1. The minimum absolute atomic E-state index is 0.542. The molecule has 7 aromatic carbocycles. The lowest BCUT2D eigenvalue weighted by Gasteiger charge is -2.12. The molecule has 0 N–H and O–H groups in total. The SMILES string of the molecule is c1ccc(-c2nc(-c3ccccc3)nc(-c3ccccc3Sc3cccc(-c4nc(-c5ccccc5)nc(-c5cccc6c5oc5ccccc56)n4)c3)n2)cc1. The average molecular weight is 739 g/mol. The lowest BCUT2D eigenvalue weighted by molar-refractivity contribution is 0.669. The quantitative estimate of drug-likeness (QED) is 0.152. The van der Waals surface area contributed by atoms with Gasteiger partial charge in [0, 0.05) is 48.4 Å². The Morgan fingerprint density at radius 1 is 0.339 bits per heavy atom. The Bertz CT molecular complexity index is 2950. The highest BCUT2D eigenvalue weighted by atomic mass is 32.2. The molecule has 0 saturated heterocycles. The maximum Gasteiger partial charge on any atom is 0.167 e. The summed E-state index contributed by atoms with van der Waals surface area (Å²) in [6.45, 7) is 0. The van der Waals surface area contributed by atoms with Crippen LogP contribution in [-0.4, -0.2) is 29.9 Å². The van der Waals surface area contributed by atoms with Crippen LogP contribution in [0.4, 0.5) is 0 Å². The molecule has 3 aromatic heterocycles. The molecule has 10 rings (SSSR count). The first-order valence-corrected chi connectivity index (χ1v) is 19.0. The number of rotatable bonds is 8. The van der Waals surface area contributed by atoms with Crippen molar-refractivity contribution in [2.24, 2.45) is 0 Å². The number of aromatic nitrogens is 6. The fourth-order valence-corrected chi connectivity index (χ4v) is 7.76. The van der Waals surface area contributed by atoms with Crippen LogP contribution in [0.5, 0.6) is 0 Å². The Balaban J connectivity index is 1.06. The van der Waals surface area contributed by atoms with Crippen molar-refractivity contribution in [1.82, 2.24) is 29.9 Å². The van der Waals surface area contributed by atoms with E-state index in [0.29, 0.717) is 34.9 Å². The molecule has 0 aliphatic heterocycles. The maximum absolute atomic E-state index is 6.41. The van der Waals surface area contributed by atoms with Crippen LogP contribution in [0, 0.1) is 0 Å². The van der Waals surface area contributed by atoms with Crippen molar-refractivity contribution < 1.29 is 4.42 Å². The highest BCUT2D eigenvalue weighted by Gasteiger charge is 2.19. The van der Waals surface area contributed by atoms with Crippen LogP contribution in [0.25, 0.3) is 90.3 Å². The number of nitrogens with zero attached hydrogens (tertiary/aromatic N) is 6. The minimum Gasteiger partial charge on any atom is -0.455 e. The summed E-state index contributed by atoms with van der Waals surface area (Å²) in [5, 5.41) is 2.07. The normalized spacial score (nSPS) is 11.3. The molecule has 0 unspecified atom stereocenters. The van der Waals surface area contributed by atoms with Gasteiger partial charge in [0.1, 0.15) is 11.2 Å². The van der Waals surface area contributed by atoms with E-state index in [2.05, 4.69) is 36.4 Å². The average Bonchev–Trinajstić information content (AvgIpc) is 3.66. The highest BCUT2D eigenvalue weighted by molar-refractivity contribution is 7.99. The summed E-state index contributed by atoms with van der Waals surface area (Å²) in [4.78, 5) is 32.0. The number of para-hydroxylation sites is 2. The molecule has 8 heteroatoms. The molecule has 10 aromatic rings. The zero-order valence-electron chi connectivity index (χ0n) is 29.8. The number of hydrogen-bond acceptors (Lipinski definition) is 8. The number of furan rings is 1. The standard InChI is InChI=1S/C48H30N6OS/c1-4-16-31(17-5-1)43-49-44(32-18-6-2-7-19-32)52-47(51-43)38-25-11-13-29-41(38)56-35-23-14-22-34(30-35)46-50-45(33-20-8-3-9-21-33)53-48(54-46)39-27-15-26-37-36-24-10-12-28-40(36)55-42(37)39/h1-30H. The fourth-order valence-electron chi connectivity index (χ4n) is 6.76. The summed E-state index contributed by atoms with van der Waals surface area (Å²) in [7, 11) is 0. The van der Waals surface area contributed by atoms with Crippen molar-refractivity contribution in [2.75, 3.05) is 0 Å². The smallest absolute Gasteiger partial charge is 0.167 e. The summed E-state index contributed by atoms with van der Waals surface area (Å²) in [6.07, 6.45) is 0. The van der Waals surface area contributed by atoms with Crippen LogP contribution in [0.15, 0.2) is 196 Å². The zero-order valence-corrected chi connectivity index (χ0v) is 30.6. The van der Waals surface area contributed by atoms with Crippen molar-refractivity contribution in [1.29, 1.82) is 0 Å². The lowest BCUT2D eigenvalue weighted by Crippen LogP contribution is -2.01. The van der Waals surface area contributed by atoms with E-state index in [1.165, 1.54) is 0 Å². The van der Waals surface area contributed by atoms with Crippen molar-refractivity contribution >= 4 is 33.7 Å². The van der Waals surface area contributed by atoms with Gasteiger partial charge in [-0.05, 0) is 30.3 Å². The molecule has 0 fully saturated rings. The molecule has 264 valence electrons. The third-order valence-corrected chi connectivity index (χ3v) is 10.5. The predicted molar refractivity (Wildman–Crippen MR) is 224 cm³/mol. The molecule has 0 atom stereocenters. The van der Waals surface area contributed by atoms with Gasteiger partial charge in [-0.25, -0.2) is 29.9 Å². The van der Waals surface area contributed by atoms with Crippen LogP contribution in [-0.2, 0) is 0 Å². The third-order valence-electron chi connectivity index (χ3n) is 9.46. The Hall–Kier alpha value is -7.29. The van der Waals surface area contributed by atoms with E-state index in [0.717, 1.165) is 65.1 Å². The number of benzene rings is 7. The van der Waals surface area contributed by atoms with Gasteiger partial charge in [0.15, 0.2) is 34.9 Å². The molecule has 0 aliphatic rings. The van der Waals surface area contributed by atoms with Crippen LogP contribution in [0.3, 0.4) is 0 Å². The summed E-state index contributed by atoms with van der Waals surface area (Å²) >= 11 is 1.64. The van der Waals surface area contributed by atoms with Crippen molar-refractivity contribution in [3.8, 4) is 68.3 Å². The molecule has 0 amide bonds. The van der Waals surface area contributed by atoms with Gasteiger partial charge in [-0.15, -0.1) is 0 Å². The van der Waals surface area contributed by atoms with Crippen LogP contribution >= 0.6 is 11.8 Å². The first kappa shape index (κ1) is 33.3. The predicted octanol–water partition coefficient (Wildman–Crippen LogP) is 12.1. The van der Waals surface area contributed by atoms with E-state index in [4.69, 9.17) is 34.3 Å². The first-order valence-electron chi connectivity index (χ1n) is 18.2. The van der Waals surface area contributed by atoms with Gasteiger partial charge in [0.25, 0.3) is 0 Å². The summed E-state index contributed by atoms with van der Waals surface area (Å²) < 4.78 is 6.41. The molecule has 0 saturated carbocycles. The topological polar surface area (TPSA) is 90.5 Å². The van der Waals surface area contributed by atoms with Crippen LogP contribution in [0.2, 0.25) is 0 Å². The van der Waals surface area contributed by atoms with E-state index >= 15 is 0 Å². The van der Waals surface area contributed by atoms with E-state index in [1.807, 2.05) is 146 Å². The molecule has 0 spiro atoms. The van der Waals surface area contributed by atoms with Gasteiger partial charge in [0.05, 0.1) is 5.56 Å². The molecular weight excluding hydrogens is 709 g/mol. The van der Waals surface area contributed by atoms with E-state index in [1.54, 1.807) is 11.8 Å². The van der Waals surface area contributed by atoms with Gasteiger partial charge < -0.3 is 4.42 Å². The first-order chi connectivity index (χ1) is 27.7. The van der Waals surface area contributed by atoms with Gasteiger partial charge in [-0.2, -0.15) is 0 Å². The summed E-state index contributed by atoms with van der Waals surface area (Å²) in [5.41, 5.74) is 6.90. The molecule has 56 heavy (non-hydrogen) atoms. The van der Waals surface area contributed by atoms with E-state index in [-0.39, 0.29) is 0 Å². The Morgan fingerprint density at radius 2 is 0.786 bits per heavy atom. The van der Waals surface area contributed by atoms with Crippen molar-refractivity contribution in [3.05, 3.63) is 182 Å². The van der Waals surface area contributed by atoms with Gasteiger partial charge in [-0.1, -0.05) is 163 Å². The minimum atomic E-state index is 0.542. The second-order valence-corrected chi connectivity index (χ2v) is 14.2. The van der Waals surface area contributed by atoms with Crippen LogP contribution in [0.1, 0.15) is 0 Å². The lowest BCUT2D eigenvalue weighted by atomic mass is 10.1. The molecule has 0 radical (unpaired) electrons.